The third-order valence-corrected chi connectivity index (χ3v) is 2.94. The number of rotatable bonds is 6. The Morgan fingerprint density at radius 3 is 2.76 bits per heavy atom. The molecule has 3 N–H and O–H groups in total. The minimum absolute atomic E-state index is 0.0353. The van der Waals surface area contributed by atoms with Gasteiger partial charge in [0.15, 0.2) is 0 Å². The Hall–Kier alpha value is -1.52. The first-order chi connectivity index (χ1) is 7.85. The molecule has 0 fully saturated rings. The molecule has 0 spiro atoms. The summed E-state index contributed by atoms with van der Waals surface area (Å²) in [4.78, 5) is 13.4. The van der Waals surface area contributed by atoms with Crippen LogP contribution in [-0.2, 0) is 10.0 Å². The molecule has 9 nitrogen and oxygen atoms in total. The number of hydrogen-bond acceptors (Lipinski definition) is 6. The van der Waals surface area contributed by atoms with E-state index < -0.39 is 32.7 Å². The molecular weight excluding hydrogens is 252 g/mol. The van der Waals surface area contributed by atoms with E-state index in [1.54, 1.807) is 0 Å². The Morgan fingerprint density at radius 1 is 1.65 bits per heavy atom. The predicted molar refractivity (Wildman–Crippen MR) is 57.6 cm³/mol. The molecule has 0 amide bonds. The van der Waals surface area contributed by atoms with E-state index >= 15 is 0 Å². The molecule has 0 aliphatic heterocycles. The molecule has 17 heavy (non-hydrogen) atoms. The fourth-order valence-electron chi connectivity index (χ4n) is 1.45. The summed E-state index contributed by atoms with van der Waals surface area (Å²) < 4.78 is 23.1. The van der Waals surface area contributed by atoms with Crippen LogP contribution in [0.3, 0.4) is 0 Å². The van der Waals surface area contributed by atoms with Gasteiger partial charge in [0.25, 0.3) is 0 Å². The van der Waals surface area contributed by atoms with Crippen molar-refractivity contribution in [3.05, 3.63) is 22.5 Å². The number of aliphatic hydroxyl groups is 1. The van der Waals surface area contributed by atoms with Crippen molar-refractivity contribution < 1.29 is 18.4 Å². The standard InChI is InChI=1S/C7H12N4O5S/c8-17(15,16)5-6(1-4-12)10-3-2-9-7(10)11(13)14/h2-3,6,12H,1,4-5H2,(H2,8,15,16). The van der Waals surface area contributed by atoms with Crippen molar-refractivity contribution in [3.63, 3.8) is 0 Å². The minimum atomic E-state index is -3.80. The van der Waals surface area contributed by atoms with Gasteiger partial charge >= 0.3 is 5.95 Å². The van der Waals surface area contributed by atoms with Crippen LogP contribution in [0.5, 0.6) is 0 Å². The Kier molecular flexibility index (Phi) is 4.15. The molecule has 0 radical (unpaired) electrons. The van der Waals surface area contributed by atoms with Gasteiger partial charge in [-0.15, -0.1) is 0 Å². The Balaban J connectivity index is 3.05. The van der Waals surface area contributed by atoms with E-state index in [1.807, 2.05) is 0 Å². The van der Waals surface area contributed by atoms with Crippen molar-refractivity contribution in [2.75, 3.05) is 12.4 Å². The lowest BCUT2D eigenvalue weighted by Gasteiger charge is -2.13. The van der Waals surface area contributed by atoms with Crippen LogP contribution < -0.4 is 5.14 Å². The summed E-state index contributed by atoms with van der Waals surface area (Å²) in [5, 5.41) is 24.3. The van der Waals surface area contributed by atoms with Crippen molar-refractivity contribution in [3.8, 4) is 0 Å². The molecule has 1 atom stereocenters. The summed E-state index contributed by atoms with van der Waals surface area (Å²) in [6.45, 7) is -0.310. The fourth-order valence-corrected chi connectivity index (χ4v) is 2.32. The average Bonchev–Trinajstić information content (AvgIpc) is 2.62. The quantitative estimate of drug-likeness (QED) is 0.498. The molecule has 1 heterocycles. The summed E-state index contributed by atoms with van der Waals surface area (Å²) in [5.74, 6) is -0.975. The normalized spacial score (nSPS) is 13.5. The largest absolute Gasteiger partial charge is 0.434 e. The van der Waals surface area contributed by atoms with Crippen LogP contribution in [0.25, 0.3) is 0 Å². The first-order valence-electron chi connectivity index (χ1n) is 4.63. The molecular formula is C7H12N4O5S. The van der Waals surface area contributed by atoms with Crippen molar-refractivity contribution >= 4 is 16.0 Å². The van der Waals surface area contributed by atoms with Gasteiger partial charge in [-0.25, -0.2) is 18.1 Å². The highest BCUT2D eigenvalue weighted by molar-refractivity contribution is 7.89. The molecule has 0 aliphatic carbocycles. The number of imidazole rings is 1. The zero-order valence-corrected chi connectivity index (χ0v) is 9.58. The zero-order valence-electron chi connectivity index (χ0n) is 8.76. The summed E-state index contributed by atoms with van der Waals surface area (Å²) in [6.07, 6.45) is 2.50. The number of nitro groups is 1. The van der Waals surface area contributed by atoms with Gasteiger partial charge < -0.3 is 15.2 Å². The van der Waals surface area contributed by atoms with Crippen LogP contribution >= 0.6 is 0 Å². The average molecular weight is 264 g/mol. The lowest BCUT2D eigenvalue weighted by molar-refractivity contribution is -0.397. The number of aliphatic hydroxyl groups excluding tert-OH is 1. The second-order valence-electron chi connectivity index (χ2n) is 3.39. The van der Waals surface area contributed by atoms with E-state index in [4.69, 9.17) is 10.2 Å². The minimum Gasteiger partial charge on any atom is -0.396 e. The molecule has 0 aromatic carbocycles. The van der Waals surface area contributed by atoms with Crippen LogP contribution in [0.4, 0.5) is 5.95 Å². The van der Waals surface area contributed by atoms with Crippen LogP contribution in [0.1, 0.15) is 12.5 Å². The molecule has 0 aliphatic rings. The van der Waals surface area contributed by atoms with Crippen LogP contribution in [0, 0.1) is 10.1 Å². The first-order valence-corrected chi connectivity index (χ1v) is 6.35. The first kappa shape index (κ1) is 13.5. The lowest BCUT2D eigenvalue weighted by Crippen LogP contribution is -2.26. The van der Waals surface area contributed by atoms with Gasteiger partial charge in [0.2, 0.25) is 10.0 Å². The number of nitrogens with zero attached hydrogens (tertiary/aromatic N) is 3. The SMILES string of the molecule is NS(=O)(=O)CC(CCO)n1ccnc1[N+](=O)[O-]. The molecule has 1 aromatic heterocycles. The maximum absolute atomic E-state index is 11.0. The van der Waals surface area contributed by atoms with E-state index in [0.717, 1.165) is 4.57 Å². The maximum atomic E-state index is 11.0. The van der Waals surface area contributed by atoms with Crippen LogP contribution in [-0.4, -0.2) is 40.4 Å². The number of primary sulfonamides is 1. The second kappa shape index (κ2) is 5.21. The van der Waals surface area contributed by atoms with E-state index in [1.165, 1.54) is 12.4 Å². The smallest absolute Gasteiger partial charge is 0.396 e. The van der Waals surface area contributed by atoms with Gasteiger partial charge in [0, 0.05) is 13.0 Å². The number of nitrogens with two attached hydrogens (primary N) is 1. The van der Waals surface area contributed by atoms with E-state index in [2.05, 4.69) is 4.98 Å². The third kappa shape index (κ3) is 3.76. The summed E-state index contributed by atoms with van der Waals surface area (Å²) in [5.41, 5.74) is 0. The van der Waals surface area contributed by atoms with Crippen molar-refractivity contribution in [2.24, 2.45) is 5.14 Å². The lowest BCUT2D eigenvalue weighted by atomic mass is 10.2. The maximum Gasteiger partial charge on any atom is 0.434 e. The summed E-state index contributed by atoms with van der Waals surface area (Å²) >= 11 is 0. The van der Waals surface area contributed by atoms with E-state index in [0.29, 0.717) is 0 Å². The van der Waals surface area contributed by atoms with E-state index in [-0.39, 0.29) is 13.0 Å². The highest BCUT2D eigenvalue weighted by Gasteiger charge is 2.26. The van der Waals surface area contributed by atoms with Crippen molar-refractivity contribution in [1.29, 1.82) is 0 Å². The molecule has 0 saturated heterocycles. The van der Waals surface area contributed by atoms with Gasteiger partial charge in [0.05, 0.1) is 11.8 Å². The summed E-state index contributed by atoms with van der Waals surface area (Å²) in [7, 11) is -3.80. The van der Waals surface area contributed by atoms with Gasteiger partial charge in [-0.3, -0.25) is 0 Å². The van der Waals surface area contributed by atoms with Crippen LogP contribution in [0.2, 0.25) is 0 Å². The molecule has 1 aromatic rings. The van der Waals surface area contributed by atoms with Gasteiger partial charge in [-0.1, -0.05) is 4.98 Å². The predicted octanol–water partition coefficient (Wildman–Crippen LogP) is -0.997. The van der Waals surface area contributed by atoms with Crippen LogP contribution in [0.15, 0.2) is 12.4 Å². The van der Waals surface area contributed by atoms with Gasteiger partial charge in [0.1, 0.15) is 12.4 Å². The molecule has 1 rings (SSSR count). The second-order valence-corrected chi connectivity index (χ2v) is 5.05. The Bertz CT molecular complexity index is 496. The monoisotopic (exact) mass is 264 g/mol. The number of sulfonamides is 1. The molecule has 0 saturated carbocycles. The third-order valence-electron chi connectivity index (χ3n) is 2.09. The van der Waals surface area contributed by atoms with Gasteiger partial charge in [-0.2, -0.15) is 0 Å². The molecule has 0 bridgehead atoms. The molecule has 10 heteroatoms. The summed E-state index contributed by atoms with van der Waals surface area (Å²) in [6, 6.07) is -0.808. The fraction of sp³-hybridized carbons (Fsp3) is 0.571. The highest BCUT2D eigenvalue weighted by Crippen LogP contribution is 2.19. The Morgan fingerprint density at radius 2 is 2.29 bits per heavy atom. The van der Waals surface area contributed by atoms with E-state index in [9.17, 15) is 18.5 Å². The highest BCUT2D eigenvalue weighted by atomic mass is 32.2. The van der Waals surface area contributed by atoms with Crippen molar-refractivity contribution in [2.45, 2.75) is 12.5 Å². The molecule has 1 unspecified atom stereocenters. The van der Waals surface area contributed by atoms with Crippen molar-refractivity contribution in [1.82, 2.24) is 9.55 Å². The molecule has 96 valence electrons. The Labute approximate surface area is 97.1 Å². The number of hydrogen-bond donors (Lipinski definition) is 2. The zero-order chi connectivity index (χ0) is 13.1. The topological polar surface area (TPSA) is 141 Å². The van der Waals surface area contributed by atoms with Gasteiger partial charge in [-0.05, 0) is 4.92 Å². The number of aromatic nitrogens is 2.